The molecule has 0 radical (unpaired) electrons. The molecule has 2 aromatic rings. The van der Waals surface area contributed by atoms with E-state index in [0.29, 0.717) is 6.54 Å². The average Bonchev–Trinajstić information content (AvgIpc) is 2.41. The van der Waals surface area contributed by atoms with E-state index in [1.807, 2.05) is 0 Å². The Balaban J connectivity index is 2.23. The standard InChI is InChI=1S/C17H22N2/c1-12-5-8-15(9-6-12)17(11-18)19-16-10-13(2)4-7-14(16)3/h4-10,17,19H,11,18H2,1-3H3. The quantitative estimate of drug-likeness (QED) is 0.872. The Kier molecular flexibility index (Phi) is 4.23. The zero-order valence-electron chi connectivity index (χ0n) is 11.9. The molecule has 0 spiro atoms. The van der Waals surface area contributed by atoms with Crippen LogP contribution in [0.2, 0.25) is 0 Å². The third-order valence-electron chi connectivity index (χ3n) is 3.44. The first-order chi connectivity index (χ1) is 9.10. The lowest BCUT2D eigenvalue weighted by molar-refractivity contribution is 0.788. The van der Waals surface area contributed by atoms with Crippen LogP contribution in [0, 0.1) is 20.8 Å². The molecule has 0 heterocycles. The van der Waals surface area contributed by atoms with Crippen molar-refractivity contribution >= 4 is 5.69 Å². The van der Waals surface area contributed by atoms with E-state index >= 15 is 0 Å². The minimum absolute atomic E-state index is 0.154. The predicted octanol–water partition coefficient (Wildman–Crippen LogP) is 3.72. The van der Waals surface area contributed by atoms with Crippen molar-refractivity contribution in [2.75, 3.05) is 11.9 Å². The fourth-order valence-electron chi connectivity index (χ4n) is 2.16. The van der Waals surface area contributed by atoms with Crippen LogP contribution in [0.3, 0.4) is 0 Å². The van der Waals surface area contributed by atoms with E-state index in [-0.39, 0.29) is 6.04 Å². The largest absolute Gasteiger partial charge is 0.377 e. The topological polar surface area (TPSA) is 38.0 Å². The van der Waals surface area contributed by atoms with Gasteiger partial charge < -0.3 is 11.1 Å². The number of nitrogens with two attached hydrogens (primary N) is 1. The smallest absolute Gasteiger partial charge is 0.0636 e. The Morgan fingerprint density at radius 1 is 0.947 bits per heavy atom. The summed E-state index contributed by atoms with van der Waals surface area (Å²) in [4.78, 5) is 0. The summed E-state index contributed by atoms with van der Waals surface area (Å²) in [5.74, 6) is 0. The first kappa shape index (κ1) is 13.6. The Morgan fingerprint density at radius 2 is 1.58 bits per heavy atom. The van der Waals surface area contributed by atoms with Crippen LogP contribution >= 0.6 is 0 Å². The molecule has 0 fully saturated rings. The molecule has 0 aliphatic rings. The third-order valence-corrected chi connectivity index (χ3v) is 3.44. The summed E-state index contributed by atoms with van der Waals surface area (Å²) in [5.41, 5.74) is 12.1. The summed E-state index contributed by atoms with van der Waals surface area (Å²) in [6.45, 7) is 6.90. The fourth-order valence-corrected chi connectivity index (χ4v) is 2.16. The van der Waals surface area contributed by atoms with E-state index in [0.717, 1.165) is 5.69 Å². The highest BCUT2D eigenvalue weighted by Gasteiger charge is 2.10. The molecule has 2 nitrogen and oxygen atoms in total. The molecule has 19 heavy (non-hydrogen) atoms. The summed E-state index contributed by atoms with van der Waals surface area (Å²) in [7, 11) is 0. The maximum Gasteiger partial charge on any atom is 0.0636 e. The molecule has 0 aliphatic carbocycles. The monoisotopic (exact) mass is 254 g/mol. The van der Waals surface area contributed by atoms with Crippen LogP contribution in [0.25, 0.3) is 0 Å². The number of hydrogen-bond acceptors (Lipinski definition) is 2. The van der Waals surface area contributed by atoms with Gasteiger partial charge >= 0.3 is 0 Å². The number of rotatable bonds is 4. The van der Waals surface area contributed by atoms with Gasteiger partial charge in [-0.25, -0.2) is 0 Å². The average molecular weight is 254 g/mol. The Hall–Kier alpha value is -1.80. The van der Waals surface area contributed by atoms with Gasteiger partial charge in [-0.1, -0.05) is 42.0 Å². The summed E-state index contributed by atoms with van der Waals surface area (Å²) in [6.07, 6.45) is 0. The summed E-state index contributed by atoms with van der Waals surface area (Å²) < 4.78 is 0. The molecular weight excluding hydrogens is 232 g/mol. The molecule has 2 aromatic carbocycles. The zero-order chi connectivity index (χ0) is 13.8. The van der Waals surface area contributed by atoms with Gasteiger partial charge in [-0.05, 0) is 43.5 Å². The van der Waals surface area contributed by atoms with Crippen LogP contribution in [0.15, 0.2) is 42.5 Å². The highest BCUT2D eigenvalue weighted by molar-refractivity contribution is 5.54. The second-order valence-electron chi connectivity index (χ2n) is 5.16. The molecule has 100 valence electrons. The van der Waals surface area contributed by atoms with Crippen LogP contribution in [-0.4, -0.2) is 6.54 Å². The van der Waals surface area contributed by atoms with Gasteiger partial charge in [-0.2, -0.15) is 0 Å². The van der Waals surface area contributed by atoms with E-state index < -0.39 is 0 Å². The van der Waals surface area contributed by atoms with Crippen LogP contribution in [0.4, 0.5) is 5.69 Å². The van der Waals surface area contributed by atoms with Crippen LogP contribution < -0.4 is 11.1 Å². The van der Waals surface area contributed by atoms with E-state index in [1.165, 1.54) is 22.3 Å². The molecule has 0 saturated heterocycles. The van der Waals surface area contributed by atoms with Crippen molar-refractivity contribution in [3.05, 3.63) is 64.7 Å². The molecule has 3 N–H and O–H groups in total. The lowest BCUT2D eigenvalue weighted by atomic mass is 10.0. The second-order valence-corrected chi connectivity index (χ2v) is 5.16. The van der Waals surface area contributed by atoms with Gasteiger partial charge in [0.15, 0.2) is 0 Å². The number of benzene rings is 2. The van der Waals surface area contributed by atoms with Gasteiger partial charge in [-0.3, -0.25) is 0 Å². The summed E-state index contributed by atoms with van der Waals surface area (Å²) in [6, 6.07) is 15.1. The van der Waals surface area contributed by atoms with Crippen molar-refractivity contribution < 1.29 is 0 Å². The van der Waals surface area contributed by atoms with Gasteiger partial charge in [0.05, 0.1) is 6.04 Å². The van der Waals surface area contributed by atoms with Crippen molar-refractivity contribution in [3.8, 4) is 0 Å². The number of aryl methyl sites for hydroxylation is 3. The first-order valence-electron chi connectivity index (χ1n) is 6.70. The highest BCUT2D eigenvalue weighted by Crippen LogP contribution is 2.23. The zero-order valence-corrected chi connectivity index (χ0v) is 11.9. The van der Waals surface area contributed by atoms with Gasteiger partial charge in [-0.15, -0.1) is 0 Å². The normalized spacial score (nSPS) is 12.2. The van der Waals surface area contributed by atoms with E-state index in [4.69, 9.17) is 5.73 Å². The van der Waals surface area contributed by atoms with Gasteiger partial charge in [0, 0.05) is 12.2 Å². The van der Waals surface area contributed by atoms with Crippen molar-refractivity contribution in [2.24, 2.45) is 5.73 Å². The highest BCUT2D eigenvalue weighted by atomic mass is 14.9. The van der Waals surface area contributed by atoms with Crippen LogP contribution in [0.1, 0.15) is 28.3 Å². The molecule has 0 aromatic heterocycles. The molecule has 0 amide bonds. The predicted molar refractivity (Wildman–Crippen MR) is 82.5 cm³/mol. The lowest BCUT2D eigenvalue weighted by Gasteiger charge is -2.20. The molecule has 0 bridgehead atoms. The second kappa shape index (κ2) is 5.89. The van der Waals surface area contributed by atoms with Gasteiger partial charge in [0.25, 0.3) is 0 Å². The van der Waals surface area contributed by atoms with E-state index in [9.17, 15) is 0 Å². The van der Waals surface area contributed by atoms with E-state index in [2.05, 4.69) is 68.6 Å². The maximum absolute atomic E-state index is 5.92. The van der Waals surface area contributed by atoms with Crippen molar-refractivity contribution in [1.82, 2.24) is 0 Å². The van der Waals surface area contributed by atoms with E-state index in [1.54, 1.807) is 0 Å². The summed E-state index contributed by atoms with van der Waals surface area (Å²) in [5, 5.41) is 3.55. The molecule has 0 aliphatic heterocycles. The third kappa shape index (κ3) is 3.36. The van der Waals surface area contributed by atoms with Gasteiger partial charge in [0.2, 0.25) is 0 Å². The minimum atomic E-state index is 0.154. The Labute approximate surface area is 115 Å². The maximum atomic E-state index is 5.92. The van der Waals surface area contributed by atoms with Crippen molar-refractivity contribution in [2.45, 2.75) is 26.8 Å². The molecule has 1 atom stereocenters. The molecule has 1 unspecified atom stereocenters. The minimum Gasteiger partial charge on any atom is -0.377 e. The van der Waals surface area contributed by atoms with Crippen molar-refractivity contribution in [1.29, 1.82) is 0 Å². The summed E-state index contributed by atoms with van der Waals surface area (Å²) >= 11 is 0. The lowest BCUT2D eigenvalue weighted by Crippen LogP contribution is -2.21. The first-order valence-corrected chi connectivity index (χ1v) is 6.70. The number of anilines is 1. The molecule has 2 rings (SSSR count). The fraction of sp³-hybridized carbons (Fsp3) is 0.294. The molecular formula is C17H22N2. The number of hydrogen-bond donors (Lipinski definition) is 2. The molecule has 0 saturated carbocycles. The van der Waals surface area contributed by atoms with Crippen molar-refractivity contribution in [3.63, 3.8) is 0 Å². The Bertz CT molecular complexity index is 544. The van der Waals surface area contributed by atoms with Gasteiger partial charge in [0.1, 0.15) is 0 Å². The Morgan fingerprint density at radius 3 is 2.21 bits per heavy atom. The SMILES string of the molecule is Cc1ccc(C(CN)Nc2cc(C)ccc2C)cc1. The molecule has 2 heteroatoms. The number of nitrogens with one attached hydrogen (secondary N) is 1. The van der Waals surface area contributed by atoms with Crippen LogP contribution in [0.5, 0.6) is 0 Å². The van der Waals surface area contributed by atoms with Crippen LogP contribution in [-0.2, 0) is 0 Å².